The van der Waals surface area contributed by atoms with Crippen LogP contribution in [0.5, 0.6) is 5.75 Å². The highest BCUT2D eigenvalue weighted by molar-refractivity contribution is 5.76. The number of imidazole rings is 1. The summed E-state index contributed by atoms with van der Waals surface area (Å²) >= 11 is 0. The Hall–Kier alpha value is -1.97. The Kier molecular flexibility index (Phi) is 3.38. The molecule has 4 heteroatoms. The summed E-state index contributed by atoms with van der Waals surface area (Å²) in [5.74, 6) is 3.39. The molecule has 1 aromatic carbocycles. The number of benzene rings is 1. The Balaban J connectivity index is 2.07. The number of nitrogen functional groups attached to an aromatic ring is 1. The standard InChI is InChI=1S/C16H21N3O/c1-3-20-13-7-5-4-6-12(13)15-16(17)19-9-8-11(2)10-14(19)18-15/h4-7,11H,3,8-10,17H2,1-2H3. The monoisotopic (exact) mass is 271 g/mol. The number of para-hydroxylation sites is 1. The summed E-state index contributed by atoms with van der Waals surface area (Å²) in [6.07, 6.45) is 2.17. The van der Waals surface area contributed by atoms with Gasteiger partial charge in [-0.3, -0.25) is 0 Å². The Morgan fingerprint density at radius 1 is 1.40 bits per heavy atom. The van der Waals surface area contributed by atoms with Crippen molar-refractivity contribution in [2.45, 2.75) is 33.2 Å². The van der Waals surface area contributed by atoms with Gasteiger partial charge in [-0.05, 0) is 31.4 Å². The van der Waals surface area contributed by atoms with Crippen LogP contribution in [0.4, 0.5) is 5.82 Å². The number of ether oxygens (including phenoxy) is 1. The van der Waals surface area contributed by atoms with Gasteiger partial charge in [0.25, 0.3) is 0 Å². The summed E-state index contributed by atoms with van der Waals surface area (Å²) in [4.78, 5) is 4.77. The van der Waals surface area contributed by atoms with Crippen molar-refractivity contribution in [1.29, 1.82) is 0 Å². The molecular formula is C16H21N3O. The highest BCUT2D eigenvalue weighted by atomic mass is 16.5. The number of nitrogens with two attached hydrogens (primary N) is 1. The number of rotatable bonds is 3. The molecule has 0 aliphatic carbocycles. The summed E-state index contributed by atoms with van der Waals surface area (Å²) in [6.45, 7) is 5.86. The zero-order valence-electron chi connectivity index (χ0n) is 12.1. The van der Waals surface area contributed by atoms with E-state index in [0.717, 1.165) is 41.6 Å². The van der Waals surface area contributed by atoms with Crippen molar-refractivity contribution in [3.8, 4) is 17.0 Å². The fraction of sp³-hybridized carbons (Fsp3) is 0.438. The smallest absolute Gasteiger partial charge is 0.131 e. The molecule has 1 atom stereocenters. The average molecular weight is 271 g/mol. The zero-order valence-corrected chi connectivity index (χ0v) is 12.1. The first-order chi connectivity index (χ1) is 9.70. The fourth-order valence-corrected chi connectivity index (χ4v) is 2.82. The number of fused-ring (bicyclic) bond motifs is 1. The topological polar surface area (TPSA) is 53.1 Å². The first-order valence-electron chi connectivity index (χ1n) is 7.27. The predicted molar refractivity (Wildman–Crippen MR) is 80.7 cm³/mol. The van der Waals surface area contributed by atoms with E-state index in [1.807, 2.05) is 31.2 Å². The van der Waals surface area contributed by atoms with Gasteiger partial charge in [-0.1, -0.05) is 19.1 Å². The Labute approximate surface area is 119 Å². The first kappa shape index (κ1) is 13.0. The molecular weight excluding hydrogens is 250 g/mol. The molecule has 0 amide bonds. The minimum atomic E-state index is 0.640. The Morgan fingerprint density at radius 3 is 3.00 bits per heavy atom. The normalized spacial score (nSPS) is 17.8. The molecule has 1 unspecified atom stereocenters. The van der Waals surface area contributed by atoms with Crippen molar-refractivity contribution in [1.82, 2.24) is 9.55 Å². The summed E-state index contributed by atoms with van der Waals surface area (Å²) in [6, 6.07) is 7.97. The van der Waals surface area contributed by atoms with Crippen LogP contribution in [0, 0.1) is 5.92 Å². The van der Waals surface area contributed by atoms with Gasteiger partial charge in [-0.25, -0.2) is 4.98 Å². The highest BCUT2D eigenvalue weighted by Gasteiger charge is 2.23. The second-order valence-electron chi connectivity index (χ2n) is 5.44. The third-order valence-corrected chi connectivity index (χ3v) is 3.90. The Morgan fingerprint density at radius 2 is 2.20 bits per heavy atom. The van der Waals surface area contributed by atoms with E-state index in [4.69, 9.17) is 15.5 Å². The van der Waals surface area contributed by atoms with E-state index in [2.05, 4.69) is 11.5 Å². The maximum Gasteiger partial charge on any atom is 0.131 e. The van der Waals surface area contributed by atoms with E-state index < -0.39 is 0 Å². The van der Waals surface area contributed by atoms with Crippen LogP contribution in [0.25, 0.3) is 11.3 Å². The van der Waals surface area contributed by atoms with Crippen molar-refractivity contribution in [2.24, 2.45) is 5.92 Å². The van der Waals surface area contributed by atoms with Gasteiger partial charge < -0.3 is 15.0 Å². The van der Waals surface area contributed by atoms with Gasteiger partial charge in [0.1, 0.15) is 23.1 Å². The lowest BCUT2D eigenvalue weighted by Gasteiger charge is -2.20. The van der Waals surface area contributed by atoms with Gasteiger partial charge in [0.15, 0.2) is 0 Å². The molecule has 2 N–H and O–H groups in total. The van der Waals surface area contributed by atoms with Crippen LogP contribution in [0.2, 0.25) is 0 Å². The van der Waals surface area contributed by atoms with Crippen LogP contribution < -0.4 is 10.5 Å². The van der Waals surface area contributed by atoms with E-state index in [-0.39, 0.29) is 0 Å². The quantitative estimate of drug-likeness (QED) is 0.933. The predicted octanol–water partition coefficient (Wildman–Crippen LogP) is 3.11. The average Bonchev–Trinajstić information content (AvgIpc) is 2.76. The molecule has 1 aliphatic rings. The highest BCUT2D eigenvalue weighted by Crippen LogP contribution is 2.35. The second kappa shape index (κ2) is 5.19. The summed E-state index contributed by atoms with van der Waals surface area (Å²) in [7, 11) is 0. The summed E-state index contributed by atoms with van der Waals surface area (Å²) < 4.78 is 7.85. The van der Waals surface area contributed by atoms with E-state index in [0.29, 0.717) is 12.5 Å². The maximum absolute atomic E-state index is 6.31. The lowest BCUT2D eigenvalue weighted by molar-refractivity contribution is 0.341. The SMILES string of the molecule is CCOc1ccccc1-c1nc2n(c1N)CCC(C)C2. The minimum Gasteiger partial charge on any atom is -0.493 e. The molecule has 20 heavy (non-hydrogen) atoms. The molecule has 0 saturated carbocycles. The van der Waals surface area contributed by atoms with Crippen molar-refractivity contribution in [3.63, 3.8) is 0 Å². The van der Waals surface area contributed by atoms with E-state index in [9.17, 15) is 0 Å². The van der Waals surface area contributed by atoms with Crippen LogP contribution in [0.3, 0.4) is 0 Å². The molecule has 1 aliphatic heterocycles. The number of nitrogens with zero attached hydrogens (tertiary/aromatic N) is 2. The van der Waals surface area contributed by atoms with E-state index in [1.165, 1.54) is 6.42 Å². The largest absolute Gasteiger partial charge is 0.493 e. The van der Waals surface area contributed by atoms with Crippen molar-refractivity contribution in [2.75, 3.05) is 12.3 Å². The molecule has 106 valence electrons. The van der Waals surface area contributed by atoms with Gasteiger partial charge in [0.2, 0.25) is 0 Å². The molecule has 2 aromatic rings. The van der Waals surface area contributed by atoms with E-state index in [1.54, 1.807) is 0 Å². The molecule has 0 spiro atoms. The minimum absolute atomic E-state index is 0.640. The molecule has 4 nitrogen and oxygen atoms in total. The lowest BCUT2D eigenvalue weighted by Crippen LogP contribution is -2.18. The zero-order chi connectivity index (χ0) is 14.1. The van der Waals surface area contributed by atoms with Crippen LogP contribution in [0.1, 0.15) is 26.1 Å². The van der Waals surface area contributed by atoms with Gasteiger partial charge >= 0.3 is 0 Å². The number of hydrogen-bond acceptors (Lipinski definition) is 3. The molecule has 2 heterocycles. The van der Waals surface area contributed by atoms with Crippen molar-refractivity contribution < 1.29 is 4.74 Å². The first-order valence-corrected chi connectivity index (χ1v) is 7.27. The Bertz CT molecular complexity index is 618. The molecule has 0 radical (unpaired) electrons. The molecule has 0 fully saturated rings. The third-order valence-electron chi connectivity index (χ3n) is 3.90. The fourth-order valence-electron chi connectivity index (χ4n) is 2.82. The van der Waals surface area contributed by atoms with Crippen LogP contribution in [-0.2, 0) is 13.0 Å². The van der Waals surface area contributed by atoms with Crippen molar-refractivity contribution >= 4 is 5.82 Å². The number of hydrogen-bond donors (Lipinski definition) is 1. The van der Waals surface area contributed by atoms with Crippen LogP contribution in [-0.4, -0.2) is 16.2 Å². The summed E-state index contributed by atoms with van der Waals surface area (Å²) in [5, 5.41) is 0. The number of aromatic nitrogens is 2. The molecule has 1 aromatic heterocycles. The van der Waals surface area contributed by atoms with Gasteiger partial charge in [-0.15, -0.1) is 0 Å². The molecule has 0 bridgehead atoms. The van der Waals surface area contributed by atoms with Gasteiger partial charge in [0.05, 0.1) is 6.61 Å². The maximum atomic E-state index is 6.31. The van der Waals surface area contributed by atoms with E-state index >= 15 is 0 Å². The second-order valence-corrected chi connectivity index (χ2v) is 5.44. The number of anilines is 1. The third kappa shape index (κ3) is 2.15. The lowest BCUT2D eigenvalue weighted by atomic mass is 10.0. The molecule has 0 saturated heterocycles. The van der Waals surface area contributed by atoms with Gasteiger partial charge in [-0.2, -0.15) is 0 Å². The van der Waals surface area contributed by atoms with Crippen molar-refractivity contribution in [3.05, 3.63) is 30.1 Å². The summed E-state index contributed by atoms with van der Waals surface area (Å²) in [5.41, 5.74) is 8.16. The molecule has 3 rings (SSSR count). The van der Waals surface area contributed by atoms with Gasteiger partial charge in [0, 0.05) is 18.5 Å². The van der Waals surface area contributed by atoms with Crippen LogP contribution in [0.15, 0.2) is 24.3 Å². The van der Waals surface area contributed by atoms with Crippen LogP contribution >= 0.6 is 0 Å².